The van der Waals surface area contributed by atoms with Gasteiger partial charge in [0.25, 0.3) is 0 Å². The van der Waals surface area contributed by atoms with Gasteiger partial charge in [0, 0.05) is 25.3 Å². The molecule has 0 spiro atoms. The van der Waals surface area contributed by atoms with E-state index in [1.54, 1.807) is 10.9 Å². The molecule has 0 amide bonds. The lowest BCUT2D eigenvalue weighted by Crippen LogP contribution is -2.44. The van der Waals surface area contributed by atoms with Crippen LogP contribution in [-0.4, -0.2) is 37.9 Å². The number of aromatic nitrogens is 3. The van der Waals surface area contributed by atoms with Crippen LogP contribution in [0.25, 0.3) is 11.0 Å². The number of nitrogens with zero attached hydrogens (tertiary/aromatic N) is 4. The molecule has 3 heterocycles. The van der Waals surface area contributed by atoms with Crippen molar-refractivity contribution in [2.24, 2.45) is 7.05 Å². The third kappa shape index (κ3) is 2.14. The number of anilines is 1. The van der Waals surface area contributed by atoms with Crippen LogP contribution in [0.15, 0.2) is 12.4 Å². The minimum Gasteiger partial charge on any atom is -0.478 e. The first-order chi connectivity index (χ1) is 10.0. The number of rotatable bonds is 2. The Morgan fingerprint density at radius 3 is 2.57 bits per heavy atom. The molecule has 112 valence electrons. The molecule has 0 bridgehead atoms. The Morgan fingerprint density at radius 1 is 1.29 bits per heavy atom. The van der Waals surface area contributed by atoms with Crippen LogP contribution in [0.4, 0.5) is 5.69 Å². The number of fused-ring (bicyclic) bond motifs is 1. The van der Waals surface area contributed by atoms with Crippen molar-refractivity contribution in [3.05, 3.63) is 18.0 Å². The first kappa shape index (κ1) is 13.9. The van der Waals surface area contributed by atoms with Crippen LogP contribution in [0.5, 0.6) is 0 Å². The zero-order valence-electron chi connectivity index (χ0n) is 12.6. The fourth-order valence-electron chi connectivity index (χ4n) is 3.38. The molecule has 21 heavy (non-hydrogen) atoms. The summed E-state index contributed by atoms with van der Waals surface area (Å²) in [5.41, 5.74) is 1.75. The van der Waals surface area contributed by atoms with E-state index in [4.69, 9.17) is 0 Å². The van der Waals surface area contributed by atoms with Gasteiger partial charge in [0.15, 0.2) is 5.65 Å². The van der Waals surface area contributed by atoms with Crippen LogP contribution in [-0.2, 0) is 7.05 Å². The average Bonchev–Trinajstić information content (AvgIpc) is 2.80. The van der Waals surface area contributed by atoms with Gasteiger partial charge in [-0.3, -0.25) is 4.68 Å². The number of hydrogen-bond acceptors (Lipinski definition) is 4. The third-order valence-corrected chi connectivity index (χ3v) is 4.42. The Balaban J connectivity index is 2.27. The summed E-state index contributed by atoms with van der Waals surface area (Å²) in [5.74, 6) is -0.937. The summed E-state index contributed by atoms with van der Waals surface area (Å²) in [7, 11) is 1.82. The van der Waals surface area contributed by atoms with Gasteiger partial charge in [0.1, 0.15) is 5.56 Å². The molecular formula is C15H20N4O2. The van der Waals surface area contributed by atoms with Crippen LogP contribution in [0.1, 0.15) is 43.5 Å². The molecule has 2 unspecified atom stereocenters. The van der Waals surface area contributed by atoms with Gasteiger partial charge in [0.2, 0.25) is 0 Å². The first-order valence-corrected chi connectivity index (χ1v) is 7.33. The molecule has 0 radical (unpaired) electrons. The minimum absolute atomic E-state index is 0.260. The molecule has 1 N–H and O–H groups in total. The van der Waals surface area contributed by atoms with Crippen molar-refractivity contribution < 1.29 is 9.90 Å². The smallest absolute Gasteiger partial charge is 0.339 e. The molecule has 2 aromatic rings. The fraction of sp³-hybridized carbons (Fsp3) is 0.533. The van der Waals surface area contributed by atoms with E-state index in [0.29, 0.717) is 12.1 Å². The number of carboxylic acids is 1. The SMILES string of the molecule is CC1CCCC(C)N1c1c(C(=O)O)cnc2c1cnn2C. The van der Waals surface area contributed by atoms with Crippen molar-refractivity contribution in [2.75, 3.05) is 4.90 Å². The van der Waals surface area contributed by atoms with Gasteiger partial charge < -0.3 is 10.0 Å². The predicted octanol–water partition coefficient (Wildman–Crippen LogP) is 2.43. The standard InChI is InChI=1S/C15H20N4O2/c1-9-5-4-6-10(2)19(9)13-11-8-17-18(3)14(11)16-7-12(13)15(20)21/h7-10H,4-6H2,1-3H3,(H,20,21). The lowest BCUT2D eigenvalue weighted by Gasteiger charge is -2.41. The van der Waals surface area contributed by atoms with Gasteiger partial charge in [-0.15, -0.1) is 0 Å². The van der Waals surface area contributed by atoms with Crippen LogP contribution < -0.4 is 4.90 Å². The van der Waals surface area contributed by atoms with Crippen molar-refractivity contribution in [2.45, 2.75) is 45.2 Å². The highest BCUT2D eigenvalue weighted by Crippen LogP contribution is 2.36. The van der Waals surface area contributed by atoms with E-state index in [1.807, 2.05) is 7.05 Å². The molecule has 3 rings (SSSR count). The molecule has 2 atom stereocenters. The molecule has 6 heteroatoms. The Hall–Kier alpha value is -2.11. The van der Waals surface area contributed by atoms with Crippen molar-refractivity contribution >= 4 is 22.7 Å². The van der Waals surface area contributed by atoms with Gasteiger partial charge in [-0.05, 0) is 33.1 Å². The van der Waals surface area contributed by atoms with Crippen LogP contribution >= 0.6 is 0 Å². The monoisotopic (exact) mass is 288 g/mol. The molecule has 1 saturated heterocycles. The Kier molecular flexibility index (Phi) is 3.31. The summed E-state index contributed by atoms with van der Waals surface area (Å²) in [6.45, 7) is 4.31. The zero-order chi connectivity index (χ0) is 15.1. The van der Waals surface area contributed by atoms with E-state index in [9.17, 15) is 9.90 Å². The van der Waals surface area contributed by atoms with E-state index in [1.165, 1.54) is 12.6 Å². The van der Waals surface area contributed by atoms with Crippen molar-refractivity contribution in [3.8, 4) is 0 Å². The molecule has 2 aromatic heterocycles. The van der Waals surface area contributed by atoms with Gasteiger partial charge in [0.05, 0.1) is 17.3 Å². The Morgan fingerprint density at radius 2 is 1.95 bits per heavy atom. The number of hydrogen-bond donors (Lipinski definition) is 1. The first-order valence-electron chi connectivity index (χ1n) is 7.33. The number of aromatic carboxylic acids is 1. The molecule has 1 aliphatic rings. The lowest BCUT2D eigenvalue weighted by atomic mass is 9.95. The summed E-state index contributed by atoms with van der Waals surface area (Å²) >= 11 is 0. The lowest BCUT2D eigenvalue weighted by molar-refractivity contribution is 0.0697. The quantitative estimate of drug-likeness (QED) is 0.919. The molecule has 1 aliphatic heterocycles. The molecule has 1 fully saturated rings. The highest BCUT2D eigenvalue weighted by Gasteiger charge is 2.30. The van der Waals surface area contributed by atoms with E-state index >= 15 is 0 Å². The number of carboxylic acid groups (broad SMARTS) is 1. The minimum atomic E-state index is -0.937. The molecule has 0 aliphatic carbocycles. The second-order valence-corrected chi connectivity index (χ2v) is 5.87. The molecule has 6 nitrogen and oxygen atoms in total. The van der Waals surface area contributed by atoms with Crippen molar-refractivity contribution in [3.63, 3.8) is 0 Å². The second-order valence-electron chi connectivity index (χ2n) is 5.87. The van der Waals surface area contributed by atoms with Gasteiger partial charge in [-0.2, -0.15) is 5.10 Å². The van der Waals surface area contributed by atoms with Crippen LogP contribution in [0.3, 0.4) is 0 Å². The zero-order valence-corrected chi connectivity index (χ0v) is 12.6. The third-order valence-electron chi connectivity index (χ3n) is 4.42. The maximum absolute atomic E-state index is 11.6. The second kappa shape index (κ2) is 5.02. The highest BCUT2D eigenvalue weighted by molar-refractivity contribution is 6.04. The maximum Gasteiger partial charge on any atom is 0.339 e. The average molecular weight is 288 g/mol. The van der Waals surface area contributed by atoms with Gasteiger partial charge in [-0.1, -0.05) is 0 Å². The summed E-state index contributed by atoms with van der Waals surface area (Å²) in [6, 6.07) is 0.635. The topological polar surface area (TPSA) is 71.2 Å². The number of piperidine rings is 1. The molecule has 0 saturated carbocycles. The fourth-order valence-corrected chi connectivity index (χ4v) is 3.38. The summed E-state index contributed by atoms with van der Waals surface area (Å²) < 4.78 is 1.68. The van der Waals surface area contributed by atoms with Crippen molar-refractivity contribution in [1.29, 1.82) is 0 Å². The largest absolute Gasteiger partial charge is 0.478 e. The Labute approximate surface area is 123 Å². The maximum atomic E-state index is 11.6. The summed E-state index contributed by atoms with van der Waals surface area (Å²) in [6.07, 6.45) is 6.51. The van der Waals surface area contributed by atoms with E-state index in [-0.39, 0.29) is 5.56 Å². The molecular weight excluding hydrogens is 268 g/mol. The number of aryl methyl sites for hydroxylation is 1. The summed E-state index contributed by atoms with van der Waals surface area (Å²) in [4.78, 5) is 18.1. The number of carbonyl (C=O) groups is 1. The van der Waals surface area contributed by atoms with Gasteiger partial charge in [-0.25, -0.2) is 9.78 Å². The summed E-state index contributed by atoms with van der Waals surface area (Å²) in [5, 5.41) is 14.6. The van der Waals surface area contributed by atoms with E-state index in [0.717, 1.165) is 29.6 Å². The van der Waals surface area contributed by atoms with E-state index in [2.05, 4.69) is 28.8 Å². The number of pyridine rings is 1. The Bertz CT molecular complexity index is 684. The van der Waals surface area contributed by atoms with Gasteiger partial charge >= 0.3 is 5.97 Å². The van der Waals surface area contributed by atoms with Crippen LogP contribution in [0.2, 0.25) is 0 Å². The van der Waals surface area contributed by atoms with E-state index < -0.39 is 5.97 Å². The molecule has 0 aromatic carbocycles. The highest BCUT2D eigenvalue weighted by atomic mass is 16.4. The van der Waals surface area contributed by atoms with Crippen LogP contribution in [0, 0.1) is 0 Å². The van der Waals surface area contributed by atoms with Crippen molar-refractivity contribution in [1.82, 2.24) is 14.8 Å². The predicted molar refractivity (Wildman–Crippen MR) is 80.7 cm³/mol. The normalized spacial score (nSPS) is 22.7.